The molecule has 15 heteroatoms. The number of amides is 3. The van der Waals surface area contributed by atoms with Crippen LogP contribution in [0.5, 0.6) is 0 Å². The lowest BCUT2D eigenvalue weighted by atomic mass is 10.0. The number of likely N-dealkylation sites (tertiary alicyclic amines) is 1. The molecule has 4 N–H and O–H groups in total. The van der Waals surface area contributed by atoms with Crippen molar-refractivity contribution in [1.29, 1.82) is 0 Å². The van der Waals surface area contributed by atoms with Gasteiger partial charge in [0, 0.05) is 45.3 Å². The minimum absolute atomic E-state index is 0.0281. The van der Waals surface area contributed by atoms with Crippen molar-refractivity contribution in [3.05, 3.63) is 30.1 Å². The summed E-state index contributed by atoms with van der Waals surface area (Å²) in [7, 11) is -4.32. The molecule has 6 bridgehead atoms. The first-order chi connectivity index (χ1) is 20.0. The highest BCUT2D eigenvalue weighted by Crippen LogP contribution is 2.34. The highest BCUT2D eigenvalue weighted by atomic mass is 32.2. The Bertz CT molecular complexity index is 1350. The summed E-state index contributed by atoms with van der Waals surface area (Å²) in [6, 6.07) is 2.30. The molecule has 1 saturated carbocycles. The minimum Gasteiger partial charge on any atom is -0.388 e. The zero-order valence-corrected chi connectivity index (χ0v) is 23.8. The number of ether oxygens (including phenoxy) is 1. The third-order valence-electron chi connectivity index (χ3n) is 8.92. The van der Waals surface area contributed by atoms with E-state index in [4.69, 9.17) is 4.74 Å². The number of nitrogens with zero attached hydrogens (tertiary/aromatic N) is 3. The van der Waals surface area contributed by atoms with Gasteiger partial charge in [-0.3, -0.25) is 19.3 Å². The fourth-order valence-corrected chi connectivity index (χ4v) is 8.09. The van der Waals surface area contributed by atoms with Crippen LogP contribution in [0.3, 0.4) is 0 Å². The average Bonchev–Trinajstić information content (AvgIpc) is 3.64. The number of hydrogen-bond donors (Lipinski definition) is 4. The van der Waals surface area contributed by atoms with Gasteiger partial charge in [0.05, 0.1) is 23.5 Å². The second-order valence-electron chi connectivity index (χ2n) is 11.9. The molecular weight excluding hydrogens is 573 g/mol. The molecule has 1 aromatic carbocycles. The molecule has 0 radical (unpaired) electrons. The summed E-state index contributed by atoms with van der Waals surface area (Å²) in [5, 5.41) is 26.6. The van der Waals surface area contributed by atoms with E-state index in [1.165, 1.54) is 17.0 Å². The summed E-state index contributed by atoms with van der Waals surface area (Å²) >= 11 is 0. The van der Waals surface area contributed by atoms with E-state index in [2.05, 4.69) is 15.5 Å². The van der Waals surface area contributed by atoms with Gasteiger partial charge in [0.25, 0.3) is 0 Å². The van der Waals surface area contributed by atoms with Crippen molar-refractivity contribution in [2.24, 2.45) is 5.92 Å². The summed E-state index contributed by atoms with van der Waals surface area (Å²) in [4.78, 5) is 43.6. The van der Waals surface area contributed by atoms with Crippen LogP contribution in [0.4, 0.5) is 4.39 Å². The summed E-state index contributed by atoms with van der Waals surface area (Å²) in [6.07, 6.45) is -2.56. The van der Waals surface area contributed by atoms with Crippen LogP contribution in [0, 0.1) is 11.7 Å². The van der Waals surface area contributed by atoms with E-state index in [0.717, 1.165) is 29.3 Å². The maximum absolute atomic E-state index is 14.0. The van der Waals surface area contributed by atoms with Crippen LogP contribution in [-0.2, 0) is 29.1 Å². The highest BCUT2D eigenvalue weighted by Gasteiger charge is 2.48. The van der Waals surface area contributed by atoms with Gasteiger partial charge >= 0.3 is 0 Å². The van der Waals surface area contributed by atoms with Crippen molar-refractivity contribution in [3.8, 4) is 0 Å². The van der Waals surface area contributed by atoms with Gasteiger partial charge in [-0.05, 0) is 43.4 Å². The summed E-state index contributed by atoms with van der Waals surface area (Å²) in [5.41, 5.74) is 0. The van der Waals surface area contributed by atoms with Crippen LogP contribution < -0.4 is 10.6 Å². The zero-order valence-electron chi connectivity index (χ0n) is 23.0. The van der Waals surface area contributed by atoms with E-state index in [1.807, 2.05) is 0 Å². The van der Waals surface area contributed by atoms with Crippen molar-refractivity contribution in [1.82, 2.24) is 24.7 Å². The van der Waals surface area contributed by atoms with Gasteiger partial charge in [0.15, 0.2) is 0 Å². The number of hydrogen-bond acceptors (Lipinski definition) is 9. The molecule has 4 aliphatic heterocycles. The molecule has 13 nitrogen and oxygen atoms in total. The Morgan fingerprint density at radius 2 is 1.79 bits per heavy atom. The van der Waals surface area contributed by atoms with Gasteiger partial charge in [0.2, 0.25) is 27.7 Å². The molecular formula is C27H36FN5O8S. The molecule has 5 fully saturated rings. The molecule has 7 atom stereocenters. The smallest absolute Gasteiger partial charge is 0.244 e. The number of aliphatic hydroxyl groups excluding tert-OH is 2. The Kier molecular flexibility index (Phi) is 8.00. The molecule has 4 saturated heterocycles. The van der Waals surface area contributed by atoms with Crippen LogP contribution in [-0.4, -0.2) is 132 Å². The van der Waals surface area contributed by atoms with Crippen molar-refractivity contribution in [3.63, 3.8) is 0 Å². The number of halogens is 1. The molecule has 0 unspecified atom stereocenters. The number of piperazine rings is 1. The molecule has 0 aromatic heterocycles. The maximum Gasteiger partial charge on any atom is 0.244 e. The molecule has 1 aliphatic carbocycles. The number of nitrogens with one attached hydrogen (secondary N) is 2. The van der Waals surface area contributed by atoms with Crippen LogP contribution >= 0.6 is 0 Å². The first-order valence-electron chi connectivity index (χ1n) is 14.4. The van der Waals surface area contributed by atoms with E-state index in [0.29, 0.717) is 25.4 Å². The largest absolute Gasteiger partial charge is 0.388 e. The molecule has 3 amide bonds. The Labute approximate surface area is 243 Å². The van der Waals surface area contributed by atoms with E-state index in [9.17, 15) is 37.4 Å². The topological polar surface area (TPSA) is 169 Å². The molecule has 4 heterocycles. The van der Waals surface area contributed by atoms with Gasteiger partial charge in [0.1, 0.15) is 30.2 Å². The first-order valence-corrected chi connectivity index (χ1v) is 15.8. The fourth-order valence-electron chi connectivity index (χ4n) is 6.49. The first kappa shape index (κ1) is 29.4. The normalized spacial score (nSPS) is 35.3. The lowest BCUT2D eigenvalue weighted by Crippen LogP contribution is -2.63. The van der Waals surface area contributed by atoms with E-state index in [1.54, 1.807) is 0 Å². The Hall–Kier alpha value is -2.69. The molecule has 5 aliphatic rings. The van der Waals surface area contributed by atoms with Crippen molar-refractivity contribution in [2.75, 3.05) is 39.3 Å². The van der Waals surface area contributed by atoms with Gasteiger partial charge < -0.3 is 30.5 Å². The fraction of sp³-hybridized carbons (Fsp3) is 0.667. The molecule has 0 spiro atoms. The summed E-state index contributed by atoms with van der Waals surface area (Å²) < 4.78 is 47.9. The molecule has 1 aromatic rings. The number of rotatable bonds is 4. The van der Waals surface area contributed by atoms with Crippen LogP contribution in [0.2, 0.25) is 0 Å². The quantitative estimate of drug-likeness (QED) is 0.302. The number of aliphatic hydroxyl groups is 2. The maximum atomic E-state index is 14.0. The van der Waals surface area contributed by atoms with Crippen molar-refractivity contribution >= 4 is 27.7 Å². The highest BCUT2D eigenvalue weighted by molar-refractivity contribution is 7.89. The van der Waals surface area contributed by atoms with Gasteiger partial charge in [-0.1, -0.05) is 6.07 Å². The number of fused-ring (bicyclic) bond motifs is 6. The SMILES string of the molecule is O=C1C[C@@H]2O[C@H](CNC(=O)[C@@H]3CN(CCN3S(=O)(=O)c3cccc(F)c3)C(=O)[C@@H]3C[C@@H](CN3CC3CC3)N1)[C@@H](O)[C@H]2O. The number of sulfonamides is 1. The van der Waals surface area contributed by atoms with E-state index < -0.39 is 58.2 Å². The van der Waals surface area contributed by atoms with Crippen LogP contribution in [0.25, 0.3) is 0 Å². The van der Waals surface area contributed by atoms with E-state index in [-0.39, 0.29) is 55.4 Å². The average molecular weight is 610 g/mol. The summed E-state index contributed by atoms with van der Waals surface area (Å²) in [6.45, 7) is 0.480. The number of carbonyl (C=O) groups excluding carboxylic acids is 3. The third-order valence-corrected chi connectivity index (χ3v) is 10.8. The van der Waals surface area contributed by atoms with Gasteiger partial charge in [-0.25, -0.2) is 12.8 Å². The lowest BCUT2D eigenvalue weighted by molar-refractivity contribution is -0.140. The number of benzene rings is 1. The second kappa shape index (κ2) is 11.4. The predicted molar refractivity (Wildman–Crippen MR) is 144 cm³/mol. The molecule has 6 rings (SSSR count). The number of carbonyl (C=O) groups is 3. The predicted octanol–water partition coefficient (Wildman–Crippen LogP) is -1.99. The van der Waals surface area contributed by atoms with Gasteiger partial charge in [-0.2, -0.15) is 4.31 Å². The Morgan fingerprint density at radius 3 is 2.52 bits per heavy atom. The van der Waals surface area contributed by atoms with Crippen LogP contribution in [0.15, 0.2) is 29.2 Å². The molecule has 42 heavy (non-hydrogen) atoms. The Morgan fingerprint density at radius 1 is 1.02 bits per heavy atom. The zero-order chi connectivity index (χ0) is 29.8. The van der Waals surface area contributed by atoms with Crippen molar-refractivity contribution < 1.29 is 42.1 Å². The standard InChI is InChI=1S/C27H36FN5O8S/c28-16-2-1-3-18(8-16)42(39,40)33-7-6-31-14-20(33)26(37)29-11-22-25(36)24(35)21(41-22)10-23(34)30-17-9-19(27(31)38)32(13-17)12-15-4-5-15/h1-3,8,15,17,19-22,24-25,35-36H,4-7,9-14H2,(H,29,37)(H,30,34)/t17-,19-,20-,21-,22+,24-,25+/m0/s1. The third kappa shape index (κ3) is 5.77. The Balaban J connectivity index is 1.31. The summed E-state index contributed by atoms with van der Waals surface area (Å²) in [5.74, 6) is -1.62. The molecule has 230 valence electrons. The van der Waals surface area contributed by atoms with Gasteiger partial charge in [-0.15, -0.1) is 0 Å². The van der Waals surface area contributed by atoms with E-state index >= 15 is 0 Å². The van der Waals surface area contributed by atoms with Crippen molar-refractivity contribution in [2.45, 2.75) is 73.1 Å². The lowest BCUT2D eigenvalue weighted by Gasteiger charge is -2.41. The minimum atomic E-state index is -4.32. The van der Waals surface area contributed by atoms with Crippen LogP contribution in [0.1, 0.15) is 25.7 Å². The second-order valence-corrected chi connectivity index (χ2v) is 13.8. The monoisotopic (exact) mass is 609 g/mol.